The van der Waals surface area contributed by atoms with Gasteiger partial charge in [0.2, 0.25) is 0 Å². The molecular weight excluding hydrogens is 629 g/mol. The third kappa shape index (κ3) is 4.33. The van der Waals surface area contributed by atoms with Crippen molar-refractivity contribution < 1.29 is 8.83 Å². The van der Waals surface area contributed by atoms with Crippen LogP contribution in [0.25, 0.3) is 106 Å². The minimum atomic E-state index is 0.566. The number of furan rings is 2. The van der Waals surface area contributed by atoms with Gasteiger partial charge in [0.05, 0.1) is 11.0 Å². The molecule has 0 unspecified atom stereocenters. The molecule has 11 aromatic rings. The van der Waals surface area contributed by atoms with E-state index in [2.05, 4.69) is 108 Å². The van der Waals surface area contributed by atoms with Crippen molar-refractivity contribution in [1.82, 2.24) is 19.5 Å². The normalized spacial score (nSPS) is 11.9. The van der Waals surface area contributed by atoms with Crippen molar-refractivity contribution in [2.45, 2.75) is 0 Å². The number of benzene rings is 7. The zero-order valence-electron chi connectivity index (χ0n) is 27.1. The number of hydrogen-bond donors (Lipinski definition) is 0. The summed E-state index contributed by atoms with van der Waals surface area (Å²) in [5.41, 5.74) is 9.25. The monoisotopic (exact) mass is 654 g/mol. The first-order chi connectivity index (χ1) is 25.2. The Labute approximate surface area is 290 Å². The highest BCUT2D eigenvalue weighted by Crippen LogP contribution is 2.36. The van der Waals surface area contributed by atoms with Crippen LogP contribution in [0.2, 0.25) is 0 Å². The van der Waals surface area contributed by atoms with Crippen LogP contribution < -0.4 is 0 Å². The lowest BCUT2D eigenvalue weighted by Crippen LogP contribution is -2.01. The van der Waals surface area contributed by atoms with E-state index in [-0.39, 0.29) is 0 Å². The molecule has 0 saturated heterocycles. The van der Waals surface area contributed by atoms with Crippen molar-refractivity contribution >= 4 is 65.7 Å². The highest BCUT2D eigenvalue weighted by atomic mass is 16.3. The van der Waals surface area contributed by atoms with Gasteiger partial charge in [-0.15, -0.1) is 0 Å². The fourth-order valence-electron chi connectivity index (χ4n) is 7.48. The molecular formula is C45H26N4O2. The van der Waals surface area contributed by atoms with Crippen LogP contribution in [-0.4, -0.2) is 19.5 Å². The molecule has 11 rings (SSSR count). The molecule has 0 aliphatic heterocycles. The Balaban J connectivity index is 1.12. The second-order valence-corrected chi connectivity index (χ2v) is 12.8. The number of rotatable bonds is 4. The fourth-order valence-corrected chi connectivity index (χ4v) is 7.48. The van der Waals surface area contributed by atoms with E-state index in [0.29, 0.717) is 17.5 Å². The van der Waals surface area contributed by atoms with E-state index in [1.54, 1.807) is 0 Å². The van der Waals surface area contributed by atoms with Gasteiger partial charge in [-0.1, -0.05) is 91.0 Å². The SMILES string of the molecule is c1cc(-c2nc(-c3ccc4c(c3)oc3ccccc34)nc(-c3ccc4oc5ccccc5c4c3)n2)cc(-n2c3ccccc3c3ccccc32)c1. The zero-order chi connectivity index (χ0) is 33.5. The Morgan fingerprint density at radius 1 is 0.333 bits per heavy atom. The van der Waals surface area contributed by atoms with Crippen molar-refractivity contribution in [3.05, 3.63) is 158 Å². The van der Waals surface area contributed by atoms with Gasteiger partial charge in [-0.25, -0.2) is 15.0 Å². The topological polar surface area (TPSA) is 69.9 Å². The van der Waals surface area contributed by atoms with E-state index < -0.39 is 0 Å². The van der Waals surface area contributed by atoms with Gasteiger partial charge in [0.1, 0.15) is 22.3 Å². The van der Waals surface area contributed by atoms with Gasteiger partial charge in [-0.3, -0.25) is 0 Å². The second-order valence-electron chi connectivity index (χ2n) is 12.8. The molecule has 0 aliphatic rings. The Morgan fingerprint density at radius 2 is 0.824 bits per heavy atom. The summed E-state index contributed by atoms with van der Waals surface area (Å²) in [4.78, 5) is 15.3. The minimum absolute atomic E-state index is 0.566. The van der Waals surface area contributed by atoms with Gasteiger partial charge >= 0.3 is 0 Å². The first-order valence-corrected chi connectivity index (χ1v) is 16.9. The van der Waals surface area contributed by atoms with Gasteiger partial charge in [-0.05, 0) is 66.7 Å². The Hall–Kier alpha value is -7.05. The highest BCUT2D eigenvalue weighted by Gasteiger charge is 2.18. The number of aromatic nitrogens is 4. The molecule has 238 valence electrons. The van der Waals surface area contributed by atoms with Crippen LogP contribution in [-0.2, 0) is 0 Å². The lowest BCUT2D eigenvalue weighted by molar-refractivity contribution is 0.668. The molecule has 51 heavy (non-hydrogen) atoms. The number of nitrogens with zero attached hydrogens (tertiary/aromatic N) is 4. The Kier molecular flexibility index (Phi) is 5.86. The highest BCUT2D eigenvalue weighted by molar-refractivity contribution is 6.09. The molecule has 0 fully saturated rings. The maximum atomic E-state index is 6.27. The van der Waals surface area contributed by atoms with Gasteiger partial charge in [0.25, 0.3) is 0 Å². The van der Waals surface area contributed by atoms with Crippen molar-refractivity contribution in [3.63, 3.8) is 0 Å². The molecule has 4 aromatic heterocycles. The minimum Gasteiger partial charge on any atom is -0.456 e. The van der Waals surface area contributed by atoms with E-state index in [9.17, 15) is 0 Å². The number of fused-ring (bicyclic) bond motifs is 9. The summed E-state index contributed by atoms with van der Waals surface area (Å²) in [7, 11) is 0. The zero-order valence-corrected chi connectivity index (χ0v) is 27.1. The average Bonchev–Trinajstić information content (AvgIpc) is 3.87. The lowest BCUT2D eigenvalue weighted by Gasteiger charge is -2.11. The van der Waals surface area contributed by atoms with Crippen LogP contribution in [0.5, 0.6) is 0 Å². The molecule has 0 bridgehead atoms. The third-order valence-electron chi connectivity index (χ3n) is 9.85. The molecule has 0 atom stereocenters. The molecule has 0 amide bonds. The van der Waals surface area contributed by atoms with Gasteiger partial charge in [0.15, 0.2) is 17.5 Å². The quantitative estimate of drug-likeness (QED) is 0.189. The smallest absolute Gasteiger partial charge is 0.164 e. The lowest BCUT2D eigenvalue weighted by atomic mass is 10.1. The Morgan fingerprint density at radius 3 is 1.51 bits per heavy atom. The van der Waals surface area contributed by atoms with Crippen LogP contribution in [0.15, 0.2) is 167 Å². The molecule has 6 heteroatoms. The largest absolute Gasteiger partial charge is 0.456 e. The van der Waals surface area contributed by atoms with Crippen molar-refractivity contribution in [3.8, 4) is 39.9 Å². The van der Waals surface area contributed by atoms with E-state index in [1.165, 1.54) is 10.8 Å². The van der Waals surface area contributed by atoms with Crippen LogP contribution >= 0.6 is 0 Å². The maximum Gasteiger partial charge on any atom is 0.164 e. The number of para-hydroxylation sites is 4. The standard InChI is InChI=1S/C45H26N4O2/c1-5-16-37-31(12-1)32-13-2-6-17-38(32)49(37)30-11-9-10-27(24-30)43-46-44(28-21-23-41-36(25-28)34-15-4-8-19-40(34)50-41)48-45(47-43)29-20-22-35-33-14-3-7-18-39(33)51-42(35)26-29/h1-26H. The summed E-state index contributed by atoms with van der Waals surface area (Å²) in [5, 5.41) is 6.64. The molecule has 4 heterocycles. The fraction of sp³-hybridized carbons (Fsp3) is 0. The molecule has 0 radical (unpaired) electrons. The molecule has 0 saturated carbocycles. The van der Waals surface area contributed by atoms with E-state index in [0.717, 1.165) is 77.3 Å². The molecule has 6 nitrogen and oxygen atoms in total. The molecule has 0 spiro atoms. The average molecular weight is 655 g/mol. The first-order valence-electron chi connectivity index (χ1n) is 16.9. The van der Waals surface area contributed by atoms with E-state index in [4.69, 9.17) is 23.8 Å². The summed E-state index contributed by atoms with van der Waals surface area (Å²) in [6.07, 6.45) is 0. The Bertz CT molecular complexity index is 3110. The van der Waals surface area contributed by atoms with E-state index in [1.807, 2.05) is 54.6 Å². The summed E-state index contributed by atoms with van der Waals surface area (Å²) in [6.45, 7) is 0. The summed E-state index contributed by atoms with van der Waals surface area (Å²) in [5.74, 6) is 1.73. The summed E-state index contributed by atoms with van der Waals surface area (Å²) >= 11 is 0. The summed E-state index contributed by atoms with van der Waals surface area (Å²) in [6, 6.07) is 54.0. The van der Waals surface area contributed by atoms with Gasteiger partial charge < -0.3 is 13.4 Å². The van der Waals surface area contributed by atoms with Gasteiger partial charge in [0, 0.05) is 54.7 Å². The number of hydrogen-bond acceptors (Lipinski definition) is 5. The third-order valence-corrected chi connectivity index (χ3v) is 9.85. The molecule has 7 aromatic carbocycles. The van der Waals surface area contributed by atoms with Crippen LogP contribution in [0, 0.1) is 0 Å². The van der Waals surface area contributed by atoms with Crippen molar-refractivity contribution in [2.75, 3.05) is 0 Å². The van der Waals surface area contributed by atoms with Crippen molar-refractivity contribution in [1.29, 1.82) is 0 Å². The predicted octanol–water partition coefficient (Wildman–Crippen LogP) is 11.8. The molecule has 0 aliphatic carbocycles. The maximum absolute atomic E-state index is 6.27. The van der Waals surface area contributed by atoms with Crippen LogP contribution in [0.1, 0.15) is 0 Å². The van der Waals surface area contributed by atoms with Crippen LogP contribution in [0.3, 0.4) is 0 Å². The summed E-state index contributed by atoms with van der Waals surface area (Å²) < 4.78 is 14.7. The predicted molar refractivity (Wildman–Crippen MR) is 205 cm³/mol. The van der Waals surface area contributed by atoms with Crippen LogP contribution in [0.4, 0.5) is 0 Å². The van der Waals surface area contributed by atoms with Crippen molar-refractivity contribution in [2.24, 2.45) is 0 Å². The first kappa shape index (κ1) is 27.9. The van der Waals surface area contributed by atoms with E-state index >= 15 is 0 Å². The molecule has 0 N–H and O–H groups in total. The second kappa shape index (κ2) is 10.7. The van der Waals surface area contributed by atoms with Gasteiger partial charge in [-0.2, -0.15) is 0 Å².